The molecule has 108 valence electrons. The molecule has 0 unspecified atom stereocenters. The second kappa shape index (κ2) is 5.85. The van der Waals surface area contributed by atoms with E-state index in [4.69, 9.17) is 5.73 Å². The van der Waals surface area contributed by atoms with Crippen LogP contribution in [0.4, 0.5) is 5.69 Å². The molecule has 0 bridgehead atoms. The van der Waals surface area contributed by atoms with E-state index in [2.05, 4.69) is 15.9 Å². The highest BCUT2D eigenvalue weighted by molar-refractivity contribution is 9.11. The van der Waals surface area contributed by atoms with Crippen LogP contribution < -0.4 is 10.0 Å². The van der Waals surface area contributed by atoms with E-state index >= 15 is 0 Å². The first-order valence-electron chi connectivity index (χ1n) is 5.90. The number of benzene rings is 1. The Hall–Kier alpha value is -0.890. The van der Waals surface area contributed by atoms with Gasteiger partial charge in [-0.1, -0.05) is 12.1 Å². The fraction of sp³-hybridized carbons (Fsp3) is 0.231. The third-order valence-corrected chi connectivity index (χ3v) is 6.97. The topological polar surface area (TPSA) is 63.4 Å². The zero-order valence-electron chi connectivity index (χ0n) is 11.1. The largest absolute Gasteiger partial charge is 0.326 e. The lowest BCUT2D eigenvalue weighted by molar-refractivity contribution is 0.594. The number of hydrogen-bond acceptors (Lipinski definition) is 4. The van der Waals surface area contributed by atoms with E-state index in [-0.39, 0.29) is 4.90 Å². The predicted molar refractivity (Wildman–Crippen MR) is 86.7 cm³/mol. The van der Waals surface area contributed by atoms with Gasteiger partial charge in [0, 0.05) is 18.5 Å². The lowest BCUT2D eigenvalue weighted by Crippen LogP contribution is -2.26. The number of nitrogens with two attached hydrogens (primary N) is 1. The minimum absolute atomic E-state index is 0.256. The summed E-state index contributed by atoms with van der Waals surface area (Å²) in [5, 5.41) is 0. The number of hydrogen-bond donors (Lipinski definition) is 1. The molecule has 1 heterocycles. The number of thiophene rings is 1. The minimum Gasteiger partial charge on any atom is -0.326 e. The van der Waals surface area contributed by atoms with Crippen LogP contribution >= 0.6 is 27.3 Å². The average molecular weight is 375 g/mol. The Morgan fingerprint density at radius 3 is 2.60 bits per heavy atom. The fourth-order valence-electron chi connectivity index (χ4n) is 1.78. The van der Waals surface area contributed by atoms with Crippen LogP contribution in [0.2, 0.25) is 0 Å². The van der Waals surface area contributed by atoms with Gasteiger partial charge in [0.2, 0.25) is 0 Å². The molecule has 0 fully saturated rings. The molecule has 2 aromatic rings. The lowest BCUT2D eigenvalue weighted by atomic mass is 10.2. The summed E-state index contributed by atoms with van der Waals surface area (Å²) in [6.45, 7) is 2.25. The number of nitrogens with zero attached hydrogens (tertiary/aromatic N) is 1. The number of anilines is 1. The van der Waals surface area contributed by atoms with Crippen molar-refractivity contribution < 1.29 is 8.42 Å². The molecular formula is C13H15BrN2O2S2. The predicted octanol–water partition coefficient (Wildman–Crippen LogP) is 3.10. The van der Waals surface area contributed by atoms with Gasteiger partial charge in [0.25, 0.3) is 10.0 Å². The Kier molecular flexibility index (Phi) is 4.53. The summed E-state index contributed by atoms with van der Waals surface area (Å²) < 4.78 is 27.2. The van der Waals surface area contributed by atoms with E-state index in [1.54, 1.807) is 19.2 Å². The van der Waals surface area contributed by atoms with Crippen molar-refractivity contribution in [2.45, 2.75) is 18.4 Å². The SMILES string of the molecule is Cc1cccc(N(C)S(=O)(=O)c2cc(CN)sc2Br)c1. The van der Waals surface area contributed by atoms with Crippen LogP contribution in [0.1, 0.15) is 10.4 Å². The quantitative estimate of drug-likeness (QED) is 0.893. The monoisotopic (exact) mass is 374 g/mol. The Balaban J connectivity index is 2.46. The molecule has 0 aliphatic rings. The summed E-state index contributed by atoms with van der Waals surface area (Å²) in [6.07, 6.45) is 0. The zero-order valence-corrected chi connectivity index (χ0v) is 14.3. The van der Waals surface area contributed by atoms with Crippen LogP contribution in [0.15, 0.2) is 39.0 Å². The van der Waals surface area contributed by atoms with Crippen molar-refractivity contribution in [1.29, 1.82) is 0 Å². The third-order valence-electron chi connectivity index (χ3n) is 2.91. The lowest BCUT2D eigenvalue weighted by Gasteiger charge is -2.19. The summed E-state index contributed by atoms with van der Waals surface area (Å²) in [7, 11) is -2.04. The van der Waals surface area contributed by atoms with Crippen LogP contribution in [0, 0.1) is 6.92 Å². The molecule has 4 nitrogen and oxygen atoms in total. The van der Waals surface area contributed by atoms with Gasteiger partial charge in [0.1, 0.15) is 4.90 Å². The van der Waals surface area contributed by atoms with Crippen molar-refractivity contribution in [3.05, 3.63) is 44.6 Å². The Labute approximate surface area is 131 Å². The highest BCUT2D eigenvalue weighted by Crippen LogP contribution is 2.34. The van der Waals surface area contributed by atoms with Crippen LogP contribution in [-0.2, 0) is 16.6 Å². The van der Waals surface area contributed by atoms with E-state index in [9.17, 15) is 8.42 Å². The Bertz CT molecular complexity index is 726. The van der Waals surface area contributed by atoms with E-state index < -0.39 is 10.0 Å². The van der Waals surface area contributed by atoms with Crippen LogP contribution in [-0.4, -0.2) is 15.5 Å². The minimum atomic E-state index is -3.59. The van der Waals surface area contributed by atoms with Crippen molar-refractivity contribution in [1.82, 2.24) is 0 Å². The molecule has 1 aromatic heterocycles. The molecule has 2 rings (SSSR count). The van der Waals surface area contributed by atoms with Gasteiger partial charge >= 0.3 is 0 Å². The van der Waals surface area contributed by atoms with E-state index in [0.29, 0.717) is 16.0 Å². The summed E-state index contributed by atoms with van der Waals surface area (Å²) in [6, 6.07) is 8.99. The summed E-state index contributed by atoms with van der Waals surface area (Å²) in [5.41, 5.74) is 7.21. The molecule has 1 aromatic carbocycles. The number of sulfonamides is 1. The zero-order chi connectivity index (χ0) is 14.9. The van der Waals surface area contributed by atoms with Gasteiger partial charge in [-0.15, -0.1) is 11.3 Å². The molecule has 0 spiro atoms. The molecule has 0 amide bonds. The summed E-state index contributed by atoms with van der Waals surface area (Å²) in [4.78, 5) is 1.08. The maximum Gasteiger partial charge on any atom is 0.266 e. The van der Waals surface area contributed by atoms with E-state index in [1.165, 1.54) is 15.6 Å². The van der Waals surface area contributed by atoms with Crippen LogP contribution in [0.25, 0.3) is 0 Å². The van der Waals surface area contributed by atoms with Gasteiger partial charge in [0.15, 0.2) is 0 Å². The molecule has 0 saturated carbocycles. The van der Waals surface area contributed by atoms with Gasteiger partial charge in [0.05, 0.1) is 9.47 Å². The molecule has 0 atom stereocenters. The van der Waals surface area contributed by atoms with Crippen molar-refractivity contribution in [3.63, 3.8) is 0 Å². The van der Waals surface area contributed by atoms with Gasteiger partial charge in [-0.25, -0.2) is 8.42 Å². The van der Waals surface area contributed by atoms with Gasteiger partial charge in [-0.05, 0) is 46.6 Å². The van der Waals surface area contributed by atoms with Gasteiger partial charge in [-0.2, -0.15) is 0 Å². The smallest absolute Gasteiger partial charge is 0.266 e. The van der Waals surface area contributed by atoms with Crippen LogP contribution in [0.5, 0.6) is 0 Å². The van der Waals surface area contributed by atoms with Crippen molar-refractivity contribution in [2.24, 2.45) is 5.73 Å². The van der Waals surface area contributed by atoms with Gasteiger partial charge in [-0.3, -0.25) is 4.31 Å². The summed E-state index contributed by atoms with van der Waals surface area (Å²) in [5.74, 6) is 0. The molecule has 0 aliphatic heterocycles. The van der Waals surface area contributed by atoms with Crippen molar-refractivity contribution in [2.75, 3.05) is 11.4 Å². The highest BCUT2D eigenvalue weighted by atomic mass is 79.9. The number of halogens is 1. The molecule has 7 heteroatoms. The molecule has 2 N–H and O–H groups in total. The Morgan fingerprint density at radius 1 is 1.35 bits per heavy atom. The normalized spacial score (nSPS) is 11.6. The van der Waals surface area contributed by atoms with Gasteiger partial charge < -0.3 is 5.73 Å². The van der Waals surface area contributed by atoms with Crippen molar-refractivity contribution >= 4 is 43.0 Å². The second-order valence-corrected chi connectivity index (χ2v) is 8.76. The first-order chi connectivity index (χ1) is 9.36. The standard InChI is InChI=1S/C13H15BrN2O2S2/c1-9-4-3-5-10(6-9)16(2)20(17,18)12-7-11(8-15)19-13(12)14/h3-7H,8,15H2,1-2H3. The van der Waals surface area contributed by atoms with Crippen LogP contribution in [0.3, 0.4) is 0 Å². The molecule has 0 saturated heterocycles. The van der Waals surface area contributed by atoms with E-state index in [1.807, 2.05) is 25.1 Å². The van der Waals surface area contributed by atoms with E-state index in [0.717, 1.165) is 10.4 Å². The number of rotatable bonds is 4. The fourth-order valence-corrected chi connectivity index (χ4v) is 5.48. The third kappa shape index (κ3) is 2.90. The first kappa shape index (κ1) is 15.5. The molecular weight excluding hydrogens is 360 g/mol. The maximum atomic E-state index is 12.7. The molecule has 0 aliphatic carbocycles. The Morgan fingerprint density at radius 2 is 2.05 bits per heavy atom. The number of aryl methyl sites for hydroxylation is 1. The molecule has 0 radical (unpaired) electrons. The molecule has 20 heavy (non-hydrogen) atoms. The van der Waals surface area contributed by atoms with Crippen molar-refractivity contribution in [3.8, 4) is 0 Å². The second-order valence-electron chi connectivity index (χ2n) is 4.37. The first-order valence-corrected chi connectivity index (χ1v) is 8.95. The average Bonchev–Trinajstić information content (AvgIpc) is 2.80. The maximum absolute atomic E-state index is 12.7. The highest BCUT2D eigenvalue weighted by Gasteiger charge is 2.26. The summed E-state index contributed by atoms with van der Waals surface area (Å²) >= 11 is 4.65.